The van der Waals surface area contributed by atoms with Crippen LogP contribution < -0.4 is 14.4 Å². The minimum absolute atomic E-state index is 0.0280. The van der Waals surface area contributed by atoms with E-state index in [9.17, 15) is 31.2 Å². The van der Waals surface area contributed by atoms with Gasteiger partial charge in [0, 0.05) is 25.6 Å². The van der Waals surface area contributed by atoms with Crippen molar-refractivity contribution in [2.45, 2.75) is 71.3 Å². The van der Waals surface area contributed by atoms with Gasteiger partial charge in [0.1, 0.15) is 11.8 Å². The molecular weight excluding hydrogens is 547 g/mol. The SMILES string of the molecule is CC[C@H](C(=O)N[C@@H](C)CC)N(Cc1cccc(OC)c1)C(=O)CCCN(c1cccc(C(F)(F)F)c1)S(C)(=O)=O. The van der Waals surface area contributed by atoms with Gasteiger partial charge in [-0.25, -0.2) is 8.42 Å². The van der Waals surface area contributed by atoms with Crippen LogP contribution in [0.3, 0.4) is 0 Å². The lowest BCUT2D eigenvalue weighted by molar-refractivity contribution is -0.141. The van der Waals surface area contributed by atoms with Gasteiger partial charge >= 0.3 is 6.18 Å². The van der Waals surface area contributed by atoms with Gasteiger partial charge < -0.3 is 15.0 Å². The summed E-state index contributed by atoms with van der Waals surface area (Å²) in [5.74, 6) is -0.0897. The van der Waals surface area contributed by atoms with E-state index in [1.807, 2.05) is 13.8 Å². The number of rotatable bonds is 14. The summed E-state index contributed by atoms with van der Waals surface area (Å²) in [6.07, 6.45) is -2.78. The predicted molar refractivity (Wildman–Crippen MR) is 148 cm³/mol. The number of anilines is 1. The van der Waals surface area contributed by atoms with Crippen LogP contribution in [-0.4, -0.2) is 57.1 Å². The number of carbonyl (C=O) groups excluding carboxylic acids is 2. The topological polar surface area (TPSA) is 96.0 Å². The second-order valence-corrected chi connectivity index (χ2v) is 11.5. The van der Waals surface area contributed by atoms with Crippen LogP contribution in [0.2, 0.25) is 0 Å². The Balaban J connectivity index is 2.29. The van der Waals surface area contributed by atoms with Crippen LogP contribution in [-0.2, 0) is 32.3 Å². The van der Waals surface area contributed by atoms with Crippen LogP contribution in [0, 0.1) is 0 Å². The third kappa shape index (κ3) is 9.42. The lowest BCUT2D eigenvalue weighted by Crippen LogP contribution is -2.50. The van der Waals surface area contributed by atoms with E-state index in [-0.39, 0.29) is 49.5 Å². The summed E-state index contributed by atoms with van der Waals surface area (Å²) in [7, 11) is -2.42. The molecule has 40 heavy (non-hydrogen) atoms. The van der Waals surface area contributed by atoms with Crippen LogP contribution >= 0.6 is 0 Å². The molecule has 0 heterocycles. The number of ether oxygens (including phenoxy) is 1. The van der Waals surface area contributed by atoms with E-state index in [4.69, 9.17) is 4.74 Å². The molecule has 0 radical (unpaired) electrons. The monoisotopic (exact) mass is 585 g/mol. The highest BCUT2D eigenvalue weighted by molar-refractivity contribution is 7.92. The first-order valence-corrected chi connectivity index (χ1v) is 14.9. The Morgan fingerprint density at radius 1 is 1.05 bits per heavy atom. The molecule has 1 N–H and O–H groups in total. The third-order valence-electron chi connectivity index (χ3n) is 6.49. The van der Waals surface area contributed by atoms with Crippen LogP contribution in [0.5, 0.6) is 5.75 Å². The molecule has 12 heteroatoms. The maximum atomic E-state index is 13.5. The Kier molecular flexibility index (Phi) is 11.8. The van der Waals surface area contributed by atoms with Gasteiger partial charge in [-0.3, -0.25) is 13.9 Å². The van der Waals surface area contributed by atoms with Gasteiger partial charge in [-0.1, -0.05) is 32.0 Å². The Labute approximate surface area is 234 Å². The molecule has 8 nitrogen and oxygen atoms in total. The maximum absolute atomic E-state index is 13.5. The van der Waals surface area contributed by atoms with Crippen LogP contribution in [0.4, 0.5) is 18.9 Å². The molecule has 0 unspecified atom stereocenters. The van der Waals surface area contributed by atoms with Gasteiger partial charge in [-0.05, 0) is 62.1 Å². The summed E-state index contributed by atoms with van der Waals surface area (Å²) >= 11 is 0. The quantitative estimate of drug-likeness (QED) is 0.337. The van der Waals surface area contributed by atoms with E-state index >= 15 is 0 Å². The highest BCUT2D eigenvalue weighted by Crippen LogP contribution is 2.32. The number of nitrogens with one attached hydrogen (secondary N) is 1. The molecule has 0 aliphatic rings. The first-order valence-electron chi connectivity index (χ1n) is 13.1. The molecule has 0 saturated heterocycles. The lowest BCUT2D eigenvalue weighted by atomic mass is 10.1. The van der Waals surface area contributed by atoms with Crippen molar-refractivity contribution in [2.24, 2.45) is 0 Å². The summed E-state index contributed by atoms with van der Waals surface area (Å²) in [5, 5.41) is 2.92. The zero-order chi connectivity index (χ0) is 30.1. The first-order chi connectivity index (χ1) is 18.7. The van der Waals surface area contributed by atoms with E-state index < -0.39 is 27.8 Å². The Morgan fingerprint density at radius 2 is 1.73 bits per heavy atom. The summed E-state index contributed by atoms with van der Waals surface area (Å²) in [6, 6.07) is 10.3. The summed E-state index contributed by atoms with van der Waals surface area (Å²) in [6.45, 7) is 5.50. The molecule has 0 spiro atoms. The van der Waals surface area contributed by atoms with Crippen molar-refractivity contribution in [3.05, 3.63) is 59.7 Å². The third-order valence-corrected chi connectivity index (χ3v) is 7.68. The highest BCUT2D eigenvalue weighted by atomic mass is 32.2. The van der Waals surface area contributed by atoms with Gasteiger partial charge in [-0.15, -0.1) is 0 Å². The van der Waals surface area contributed by atoms with Crippen molar-refractivity contribution in [3.63, 3.8) is 0 Å². The number of nitrogens with zero attached hydrogens (tertiary/aromatic N) is 2. The van der Waals surface area contributed by atoms with Gasteiger partial charge in [0.25, 0.3) is 0 Å². The standard InChI is InChI=1S/C28H38F3N3O5S/c1-6-20(3)32-27(36)25(7-2)33(19-21-11-8-14-24(17-21)39-4)26(35)15-10-16-34(40(5,37)38)23-13-9-12-22(18-23)28(29,30)31/h8-9,11-14,17-18,20,25H,6-7,10,15-16,19H2,1-5H3,(H,32,36)/t20-,25+/m0/s1. The predicted octanol–water partition coefficient (Wildman–Crippen LogP) is 4.98. The molecule has 0 aliphatic heterocycles. The van der Waals surface area contributed by atoms with Crippen molar-refractivity contribution in [1.29, 1.82) is 0 Å². The molecule has 2 aromatic carbocycles. The average Bonchev–Trinajstić information content (AvgIpc) is 2.89. The second kappa shape index (κ2) is 14.4. The van der Waals surface area contributed by atoms with Crippen LogP contribution in [0.1, 0.15) is 57.6 Å². The molecule has 0 fully saturated rings. The number of hydrogen-bond donors (Lipinski definition) is 1. The molecule has 2 atom stereocenters. The number of halogens is 3. The average molecular weight is 586 g/mol. The van der Waals surface area contributed by atoms with Gasteiger partial charge in [0.15, 0.2) is 0 Å². The fourth-order valence-electron chi connectivity index (χ4n) is 4.17. The summed E-state index contributed by atoms with van der Waals surface area (Å²) in [4.78, 5) is 28.1. The van der Waals surface area contributed by atoms with E-state index in [2.05, 4.69) is 5.32 Å². The number of methoxy groups -OCH3 is 1. The molecule has 222 valence electrons. The van der Waals surface area contributed by atoms with Crippen LogP contribution in [0.25, 0.3) is 0 Å². The molecule has 2 rings (SSSR count). The van der Waals surface area contributed by atoms with Crippen molar-refractivity contribution in [1.82, 2.24) is 10.2 Å². The lowest BCUT2D eigenvalue weighted by Gasteiger charge is -2.32. The van der Waals surface area contributed by atoms with E-state index in [1.165, 1.54) is 18.1 Å². The minimum Gasteiger partial charge on any atom is -0.497 e. The number of sulfonamides is 1. The van der Waals surface area contributed by atoms with E-state index in [0.717, 1.165) is 34.3 Å². The summed E-state index contributed by atoms with van der Waals surface area (Å²) in [5.41, 5.74) is -0.376. The summed E-state index contributed by atoms with van der Waals surface area (Å²) < 4.78 is 70.7. The molecule has 0 aliphatic carbocycles. The van der Waals surface area contributed by atoms with Gasteiger partial charge in [-0.2, -0.15) is 13.2 Å². The van der Waals surface area contributed by atoms with E-state index in [1.54, 1.807) is 31.2 Å². The molecule has 0 bridgehead atoms. The Bertz CT molecular complexity index is 1250. The van der Waals surface area contributed by atoms with Crippen molar-refractivity contribution < 1.29 is 35.9 Å². The maximum Gasteiger partial charge on any atom is 0.416 e. The van der Waals surface area contributed by atoms with Gasteiger partial charge in [0.2, 0.25) is 21.8 Å². The smallest absolute Gasteiger partial charge is 0.416 e. The molecule has 2 aromatic rings. The Morgan fingerprint density at radius 3 is 2.30 bits per heavy atom. The van der Waals surface area contributed by atoms with Crippen molar-refractivity contribution in [2.75, 3.05) is 24.2 Å². The highest BCUT2D eigenvalue weighted by Gasteiger charge is 2.32. The van der Waals surface area contributed by atoms with Gasteiger partial charge in [0.05, 0.1) is 24.6 Å². The normalized spacial score (nSPS) is 13.3. The number of hydrogen-bond acceptors (Lipinski definition) is 5. The van der Waals surface area contributed by atoms with Crippen molar-refractivity contribution >= 4 is 27.5 Å². The van der Waals surface area contributed by atoms with Crippen molar-refractivity contribution in [3.8, 4) is 5.75 Å². The molecule has 2 amide bonds. The zero-order valence-electron chi connectivity index (χ0n) is 23.5. The fourth-order valence-corrected chi connectivity index (χ4v) is 5.13. The minimum atomic E-state index is -4.64. The van der Waals surface area contributed by atoms with Crippen LogP contribution in [0.15, 0.2) is 48.5 Å². The second-order valence-electron chi connectivity index (χ2n) is 9.60. The molecule has 0 saturated carbocycles. The molecular formula is C28H38F3N3O5S. The zero-order valence-corrected chi connectivity index (χ0v) is 24.3. The number of benzene rings is 2. The largest absolute Gasteiger partial charge is 0.497 e. The van der Waals surface area contributed by atoms with E-state index in [0.29, 0.717) is 18.6 Å². The fraction of sp³-hybridized carbons (Fsp3) is 0.500. The molecule has 0 aromatic heterocycles. The first kappa shape index (κ1) is 32.9. The number of carbonyl (C=O) groups is 2. The number of amides is 2. The Hall–Kier alpha value is -3.28. The number of alkyl halides is 3.